The molecular weight excluding hydrogens is 517 g/mol. The monoisotopic (exact) mass is 548 g/mol. The zero-order valence-electron chi connectivity index (χ0n) is 20.3. The number of likely N-dealkylation sites (tertiary alicyclic amines) is 1. The number of fused-ring (bicyclic) bond motifs is 1. The first-order valence-corrected chi connectivity index (χ1v) is 15.5. The van der Waals surface area contributed by atoms with Crippen molar-refractivity contribution in [1.29, 1.82) is 0 Å². The number of aliphatic hydroxyl groups excluding tert-OH is 1. The van der Waals surface area contributed by atoms with Crippen LogP contribution in [0, 0.1) is 0 Å². The highest BCUT2D eigenvalue weighted by Gasteiger charge is 2.33. The highest BCUT2D eigenvalue weighted by molar-refractivity contribution is 7.94. The van der Waals surface area contributed by atoms with Crippen molar-refractivity contribution in [2.45, 2.75) is 49.1 Å². The first kappa shape index (κ1) is 25.6. The third kappa shape index (κ3) is 5.46. The van der Waals surface area contributed by atoms with Gasteiger partial charge in [-0.15, -0.1) is 22.7 Å². The lowest BCUT2D eigenvalue weighted by molar-refractivity contribution is 0.0673. The number of hydrogen-bond donors (Lipinski definition) is 2. The number of thiophene rings is 1. The van der Waals surface area contributed by atoms with Gasteiger partial charge in [-0.3, -0.25) is 9.21 Å². The van der Waals surface area contributed by atoms with E-state index in [1.165, 1.54) is 20.5 Å². The molecule has 2 aliphatic rings. The predicted molar refractivity (Wildman–Crippen MR) is 144 cm³/mol. The van der Waals surface area contributed by atoms with Gasteiger partial charge in [0.15, 0.2) is 0 Å². The quantitative estimate of drug-likeness (QED) is 0.368. The number of nitrogens with one attached hydrogen (secondary N) is 1. The molecule has 36 heavy (non-hydrogen) atoms. The van der Waals surface area contributed by atoms with Gasteiger partial charge in [0.05, 0.1) is 36.7 Å². The molecule has 2 atom stereocenters. The van der Waals surface area contributed by atoms with E-state index >= 15 is 0 Å². The molecule has 11 heteroatoms. The second-order valence-corrected chi connectivity index (χ2v) is 13.3. The first-order valence-electron chi connectivity index (χ1n) is 12.3. The van der Waals surface area contributed by atoms with Gasteiger partial charge in [0.2, 0.25) is 0 Å². The van der Waals surface area contributed by atoms with Crippen molar-refractivity contribution >= 4 is 44.1 Å². The Morgan fingerprint density at radius 1 is 1.31 bits per heavy atom. The lowest BCUT2D eigenvalue weighted by Gasteiger charge is -2.29. The third-order valence-corrected chi connectivity index (χ3v) is 10.8. The number of para-hydroxylation sites is 1. The molecule has 2 aliphatic heterocycles. The predicted octanol–water partition coefficient (Wildman–Crippen LogP) is 4.10. The summed E-state index contributed by atoms with van der Waals surface area (Å²) in [6.07, 6.45) is 4.33. The van der Waals surface area contributed by atoms with Crippen molar-refractivity contribution in [1.82, 2.24) is 9.88 Å². The maximum Gasteiger partial charge on any atom is 0.273 e. The van der Waals surface area contributed by atoms with E-state index in [-0.39, 0.29) is 18.7 Å². The fraction of sp³-hybridized carbons (Fsp3) is 0.480. The number of benzene rings is 1. The zero-order chi connectivity index (χ0) is 25.1. The molecule has 1 saturated heterocycles. The van der Waals surface area contributed by atoms with Gasteiger partial charge in [-0.25, -0.2) is 13.4 Å². The molecule has 194 valence electrons. The van der Waals surface area contributed by atoms with E-state index in [0.29, 0.717) is 29.7 Å². The molecule has 5 rings (SSSR count). The minimum absolute atomic E-state index is 0.00923. The van der Waals surface area contributed by atoms with Crippen molar-refractivity contribution in [3.05, 3.63) is 57.4 Å². The summed E-state index contributed by atoms with van der Waals surface area (Å²) < 4.78 is 34.5. The van der Waals surface area contributed by atoms with Crippen LogP contribution in [0.3, 0.4) is 0 Å². The number of β-amino-alcohol motifs (C(OH)–C–C–N with tert-alkyl or cyclic N) is 1. The van der Waals surface area contributed by atoms with Crippen LogP contribution in [0.25, 0.3) is 0 Å². The number of nitrogens with zero attached hydrogens (tertiary/aromatic N) is 3. The van der Waals surface area contributed by atoms with Crippen LogP contribution in [-0.4, -0.2) is 62.4 Å². The molecule has 0 amide bonds. The van der Waals surface area contributed by atoms with Crippen molar-refractivity contribution in [3.63, 3.8) is 0 Å². The standard InChI is InChI=1S/C25H32N4O4S3/c1-2-33-12-11-29(36(31,32)23-9-5-13-34-23)22-8-3-6-18-14-21(27-24(18)22)25-26-15-20(35-25)17-28-10-4-7-19(30)16-28/h3,5-6,8-9,13,15,19,21,27,30H,2,4,7,10-12,14,16-17H2,1H3. The van der Waals surface area contributed by atoms with Crippen LogP contribution in [0.5, 0.6) is 0 Å². The van der Waals surface area contributed by atoms with Crippen LogP contribution in [-0.2, 0) is 27.7 Å². The van der Waals surface area contributed by atoms with Gasteiger partial charge in [0.1, 0.15) is 9.22 Å². The summed E-state index contributed by atoms with van der Waals surface area (Å²) >= 11 is 2.90. The number of hydrogen-bond acceptors (Lipinski definition) is 9. The molecule has 1 fully saturated rings. The van der Waals surface area contributed by atoms with Crippen LogP contribution in [0.2, 0.25) is 0 Å². The molecule has 8 nitrogen and oxygen atoms in total. The molecule has 0 bridgehead atoms. The number of thiazole rings is 1. The molecule has 1 aromatic carbocycles. The first-order chi connectivity index (χ1) is 17.5. The Kier molecular flexibility index (Phi) is 7.94. The summed E-state index contributed by atoms with van der Waals surface area (Å²) in [5, 5.41) is 16.3. The topological polar surface area (TPSA) is 95.0 Å². The van der Waals surface area contributed by atoms with E-state index in [1.807, 2.05) is 31.3 Å². The van der Waals surface area contributed by atoms with E-state index in [1.54, 1.807) is 28.8 Å². The maximum atomic E-state index is 13.6. The van der Waals surface area contributed by atoms with Gasteiger partial charge in [0, 0.05) is 37.2 Å². The van der Waals surface area contributed by atoms with Gasteiger partial charge < -0.3 is 15.2 Å². The van der Waals surface area contributed by atoms with Gasteiger partial charge >= 0.3 is 0 Å². The Labute approximate surface area is 220 Å². The number of aromatic nitrogens is 1. The molecule has 2 aromatic heterocycles. The van der Waals surface area contributed by atoms with Gasteiger partial charge in [-0.2, -0.15) is 0 Å². The smallest absolute Gasteiger partial charge is 0.273 e. The van der Waals surface area contributed by atoms with E-state index in [2.05, 4.69) is 10.2 Å². The summed E-state index contributed by atoms with van der Waals surface area (Å²) in [6, 6.07) is 9.22. The lowest BCUT2D eigenvalue weighted by atomic mass is 10.1. The molecule has 0 spiro atoms. The largest absolute Gasteiger partial charge is 0.392 e. The normalized spacial score (nSPS) is 20.3. The number of anilines is 2. The average Bonchev–Trinajstić information content (AvgIpc) is 3.62. The molecule has 0 radical (unpaired) electrons. The maximum absolute atomic E-state index is 13.6. The number of ether oxygens (including phenoxy) is 1. The van der Waals surface area contributed by atoms with Crippen LogP contribution in [0.1, 0.15) is 41.3 Å². The Bertz CT molecular complexity index is 1260. The van der Waals surface area contributed by atoms with E-state index in [4.69, 9.17) is 9.72 Å². The molecule has 2 N–H and O–H groups in total. The van der Waals surface area contributed by atoms with E-state index in [9.17, 15) is 13.5 Å². The molecule has 0 aliphatic carbocycles. The highest BCUT2D eigenvalue weighted by Crippen LogP contribution is 2.43. The summed E-state index contributed by atoms with van der Waals surface area (Å²) in [6.45, 7) is 5.49. The van der Waals surface area contributed by atoms with Gasteiger partial charge in [0.25, 0.3) is 10.0 Å². The minimum atomic E-state index is -3.72. The van der Waals surface area contributed by atoms with Crippen molar-refractivity contribution < 1.29 is 18.3 Å². The summed E-state index contributed by atoms with van der Waals surface area (Å²) in [5.41, 5.74) is 2.56. The lowest BCUT2D eigenvalue weighted by Crippen LogP contribution is -2.37. The Hall–Kier alpha value is -2.02. The summed E-state index contributed by atoms with van der Waals surface area (Å²) in [7, 11) is -3.72. The Morgan fingerprint density at radius 3 is 2.97 bits per heavy atom. The second-order valence-electron chi connectivity index (χ2n) is 9.11. The van der Waals surface area contributed by atoms with Crippen LogP contribution in [0.15, 0.2) is 46.1 Å². The fourth-order valence-corrected chi connectivity index (χ4v) is 8.43. The number of sulfonamides is 1. The summed E-state index contributed by atoms with van der Waals surface area (Å²) in [5.74, 6) is 0. The van der Waals surface area contributed by atoms with Crippen LogP contribution in [0.4, 0.5) is 11.4 Å². The number of aliphatic hydroxyl groups is 1. The van der Waals surface area contributed by atoms with Gasteiger partial charge in [-0.05, 0) is 49.4 Å². The van der Waals surface area contributed by atoms with Crippen molar-refractivity contribution in [2.75, 3.05) is 42.5 Å². The minimum Gasteiger partial charge on any atom is -0.392 e. The highest BCUT2D eigenvalue weighted by atomic mass is 32.2. The average molecular weight is 549 g/mol. The zero-order valence-corrected chi connectivity index (χ0v) is 22.7. The Balaban J connectivity index is 1.37. The van der Waals surface area contributed by atoms with Crippen LogP contribution < -0.4 is 9.62 Å². The molecule has 0 saturated carbocycles. The van der Waals surface area contributed by atoms with Crippen molar-refractivity contribution in [3.8, 4) is 0 Å². The molecule has 4 heterocycles. The van der Waals surface area contributed by atoms with E-state index in [0.717, 1.165) is 48.6 Å². The SMILES string of the molecule is CCOCCN(c1cccc2c1NC(c1ncc(CN3CCCC(O)C3)s1)C2)S(=O)(=O)c1cccs1. The third-order valence-electron chi connectivity index (χ3n) is 6.55. The molecule has 2 unspecified atom stereocenters. The second kappa shape index (κ2) is 11.2. The summed E-state index contributed by atoms with van der Waals surface area (Å²) in [4.78, 5) is 8.17. The Morgan fingerprint density at radius 2 is 2.19 bits per heavy atom. The molecule has 3 aromatic rings. The van der Waals surface area contributed by atoms with Crippen molar-refractivity contribution in [2.24, 2.45) is 0 Å². The van der Waals surface area contributed by atoms with E-state index < -0.39 is 10.0 Å². The fourth-order valence-electron chi connectivity index (χ4n) is 4.86. The van der Waals surface area contributed by atoms with Gasteiger partial charge in [-0.1, -0.05) is 18.2 Å². The number of piperidine rings is 1. The van der Waals surface area contributed by atoms with Crippen LogP contribution >= 0.6 is 22.7 Å². The molecular formula is C25H32N4O4S3. The number of rotatable bonds is 10.